The van der Waals surface area contributed by atoms with Crippen molar-refractivity contribution in [3.63, 3.8) is 0 Å². The van der Waals surface area contributed by atoms with Gasteiger partial charge in [-0.3, -0.25) is 0 Å². The summed E-state index contributed by atoms with van der Waals surface area (Å²) in [7, 11) is 0. The molecule has 0 aromatic heterocycles. The summed E-state index contributed by atoms with van der Waals surface area (Å²) in [6, 6.07) is 14.8. The van der Waals surface area contributed by atoms with E-state index in [9.17, 15) is 5.11 Å². The minimum atomic E-state index is 0.208. The molecular formula is C19H23NO. The first kappa shape index (κ1) is 14.0. The van der Waals surface area contributed by atoms with Crippen molar-refractivity contribution in [2.75, 3.05) is 5.32 Å². The van der Waals surface area contributed by atoms with Gasteiger partial charge in [0.25, 0.3) is 0 Å². The Morgan fingerprint density at radius 3 is 2.67 bits per heavy atom. The van der Waals surface area contributed by atoms with E-state index in [1.165, 1.54) is 17.5 Å². The summed E-state index contributed by atoms with van der Waals surface area (Å²) in [6.45, 7) is 6.59. The van der Waals surface area contributed by atoms with E-state index in [-0.39, 0.29) is 5.41 Å². The third-order valence-corrected chi connectivity index (χ3v) is 4.69. The molecule has 3 rings (SSSR count). The molecule has 0 bridgehead atoms. The second kappa shape index (κ2) is 5.10. The van der Waals surface area contributed by atoms with Crippen molar-refractivity contribution in [2.24, 2.45) is 5.41 Å². The lowest BCUT2D eigenvalue weighted by Crippen LogP contribution is -2.33. The van der Waals surface area contributed by atoms with Crippen LogP contribution in [0.15, 0.2) is 42.5 Å². The number of benzene rings is 2. The molecule has 1 aliphatic carbocycles. The number of hydrogen-bond donors (Lipinski definition) is 2. The van der Waals surface area contributed by atoms with Crippen molar-refractivity contribution in [2.45, 2.75) is 39.7 Å². The number of rotatable bonds is 2. The third kappa shape index (κ3) is 2.63. The van der Waals surface area contributed by atoms with Crippen LogP contribution in [-0.2, 0) is 6.42 Å². The Balaban J connectivity index is 1.97. The van der Waals surface area contributed by atoms with Crippen molar-refractivity contribution in [1.29, 1.82) is 0 Å². The first-order valence-electron chi connectivity index (χ1n) is 7.61. The van der Waals surface area contributed by atoms with E-state index in [0.29, 0.717) is 11.8 Å². The number of anilines is 1. The van der Waals surface area contributed by atoms with Gasteiger partial charge in [0.2, 0.25) is 0 Å². The Labute approximate surface area is 126 Å². The molecule has 0 fully saturated rings. The molecule has 1 unspecified atom stereocenters. The van der Waals surface area contributed by atoms with Gasteiger partial charge in [-0.25, -0.2) is 0 Å². The molecule has 0 saturated carbocycles. The highest BCUT2D eigenvalue weighted by Crippen LogP contribution is 2.45. The minimum Gasteiger partial charge on any atom is -0.508 e. The van der Waals surface area contributed by atoms with Gasteiger partial charge in [-0.1, -0.05) is 38.1 Å². The van der Waals surface area contributed by atoms with Crippen molar-refractivity contribution >= 4 is 5.69 Å². The summed E-state index contributed by atoms with van der Waals surface area (Å²) in [5, 5.41) is 13.4. The quantitative estimate of drug-likeness (QED) is 0.773. The fraction of sp³-hybridized carbons (Fsp3) is 0.368. The molecule has 2 aromatic carbocycles. The van der Waals surface area contributed by atoms with E-state index in [1.807, 2.05) is 19.1 Å². The molecule has 2 N–H and O–H groups in total. The van der Waals surface area contributed by atoms with E-state index in [4.69, 9.17) is 0 Å². The second-order valence-corrected chi connectivity index (χ2v) is 6.77. The Morgan fingerprint density at radius 2 is 1.90 bits per heavy atom. The molecule has 2 heteroatoms. The molecule has 0 heterocycles. The van der Waals surface area contributed by atoms with Crippen LogP contribution in [0.5, 0.6) is 5.75 Å². The summed E-state index contributed by atoms with van der Waals surface area (Å²) in [6.07, 6.45) is 2.33. The van der Waals surface area contributed by atoms with Crippen LogP contribution in [0.3, 0.4) is 0 Å². The zero-order chi connectivity index (χ0) is 15.0. The molecular weight excluding hydrogens is 258 g/mol. The summed E-state index contributed by atoms with van der Waals surface area (Å²) < 4.78 is 0. The molecule has 0 spiro atoms. The molecule has 0 saturated heterocycles. The van der Waals surface area contributed by atoms with Crippen molar-refractivity contribution in [1.82, 2.24) is 0 Å². The standard InChI is InChI=1S/C19H23NO/c1-13-12-15(8-9-17(13)21)20-18-16-7-5-4-6-14(16)10-11-19(18,2)3/h4-9,12,18,20-21H,10-11H2,1-3H3. The first-order chi connectivity index (χ1) is 9.97. The lowest BCUT2D eigenvalue weighted by Gasteiger charge is -2.41. The fourth-order valence-electron chi connectivity index (χ4n) is 3.25. The average molecular weight is 281 g/mol. The van der Waals surface area contributed by atoms with Crippen molar-refractivity contribution < 1.29 is 5.11 Å². The number of hydrogen-bond acceptors (Lipinski definition) is 2. The smallest absolute Gasteiger partial charge is 0.118 e. The van der Waals surface area contributed by atoms with Gasteiger partial charge in [0.1, 0.15) is 5.75 Å². The molecule has 110 valence electrons. The molecule has 0 aliphatic heterocycles. The van der Waals surface area contributed by atoms with Gasteiger partial charge in [0.15, 0.2) is 0 Å². The van der Waals surface area contributed by atoms with Crippen LogP contribution in [0.4, 0.5) is 5.69 Å². The largest absolute Gasteiger partial charge is 0.508 e. The normalized spacial score (nSPS) is 19.9. The SMILES string of the molecule is Cc1cc(NC2c3ccccc3CCC2(C)C)ccc1O. The molecule has 0 radical (unpaired) electrons. The van der Waals surface area contributed by atoms with Crippen LogP contribution in [-0.4, -0.2) is 5.11 Å². The van der Waals surface area contributed by atoms with Gasteiger partial charge >= 0.3 is 0 Å². The Bertz CT molecular complexity index is 660. The second-order valence-electron chi connectivity index (χ2n) is 6.77. The highest BCUT2D eigenvalue weighted by molar-refractivity contribution is 5.53. The van der Waals surface area contributed by atoms with Crippen LogP contribution >= 0.6 is 0 Å². The van der Waals surface area contributed by atoms with E-state index in [0.717, 1.165) is 17.7 Å². The van der Waals surface area contributed by atoms with Gasteiger partial charge in [0.05, 0.1) is 6.04 Å². The minimum absolute atomic E-state index is 0.208. The Kier molecular flexibility index (Phi) is 3.40. The summed E-state index contributed by atoms with van der Waals surface area (Å²) in [4.78, 5) is 0. The van der Waals surface area contributed by atoms with E-state index in [2.05, 4.69) is 43.4 Å². The predicted molar refractivity (Wildman–Crippen MR) is 87.8 cm³/mol. The fourth-order valence-corrected chi connectivity index (χ4v) is 3.25. The van der Waals surface area contributed by atoms with Gasteiger partial charge in [-0.05, 0) is 60.1 Å². The summed E-state index contributed by atoms with van der Waals surface area (Å²) >= 11 is 0. The van der Waals surface area contributed by atoms with Gasteiger partial charge < -0.3 is 10.4 Å². The Hall–Kier alpha value is -1.96. The maximum absolute atomic E-state index is 9.68. The first-order valence-corrected chi connectivity index (χ1v) is 7.61. The predicted octanol–water partition coefficient (Wildman–Crippen LogP) is 4.83. The molecule has 21 heavy (non-hydrogen) atoms. The van der Waals surface area contributed by atoms with Crippen LogP contribution in [0.1, 0.15) is 43.0 Å². The molecule has 1 aliphatic rings. The van der Waals surface area contributed by atoms with Crippen LogP contribution < -0.4 is 5.32 Å². The van der Waals surface area contributed by atoms with Crippen LogP contribution in [0.2, 0.25) is 0 Å². The summed E-state index contributed by atoms with van der Waals surface area (Å²) in [5.74, 6) is 0.351. The maximum Gasteiger partial charge on any atom is 0.118 e. The monoisotopic (exact) mass is 281 g/mol. The van der Waals surface area contributed by atoms with Crippen molar-refractivity contribution in [3.05, 3.63) is 59.2 Å². The van der Waals surface area contributed by atoms with Crippen LogP contribution in [0.25, 0.3) is 0 Å². The number of nitrogens with one attached hydrogen (secondary N) is 1. The highest BCUT2D eigenvalue weighted by atomic mass is 16.3. The molecule has 2 nitrogen and oxygen atoms in total. The van der Waals surface area contributed by atoms with E-state index in [1.54, 1.807) is 6.07 Å². The molecule has 1 atom stereocenters. The number of phenolic OH excluding ortho intramolecular Hbond substituents is 1. The topological polar surface area (TPSA) is 32.3 Å². The lowest BCUT2D eigenvalue weighted by atomic mass is 9.70. The third-order valence-electron chi connectivity index (χ3n) is 4.69. The lowest BCUT2D eigenvalue weighted by molar-refractivity contribution is 0.265. The van der Waals surface area contributed by atoms with Gasteiger partial charge in [-0.15, -0.1) is 0 Å². The Morgan fingerprint density at radius 1 is 1.14 bits per heavy atom. The van der Waals surface area contributed by atoms with E-state index >= 15 is 0 Å². The van der Waals surface area contributed by atoms with Crippen molar-refractivity contribution in [3.8, 4) is 5.75 Å². The zero-order valence-corrected chi connectivity index (χ0v) is 13.0. The van der Waals surface area contributed by atoms with Crippen LogP contribution in [0, 0.1) is 12.3 Å². The van der Waals surface area contributed by atoms with Gasteiger partial charge in [-0.2, -0.15) is 0 Å². The molecule has 2 aromatic rings. The number of phenols is 1. The number of fused-ring (bicyclic) bond motifs is 1. The highest BCUT2D eigenvalue weighted by Gasteiger charge is 2.35. The maximum atomic E-state index is 9.68. The van der Waals surface area contributed by atoms with Gasteiger partial charge in [0, 0.05) is 5.69 Å². The average Bonchev–Trinajstić information content (AvgIpc) is 2.46. The summed E-state index contributed by atoms with van der Waals surface area (Å²) in [5.41, 5.74) is 5.03. The number of aryl methyl sites for hydroxylation is 2. The van der Waals surface area contributed by atoms with E-state index < -0.39 is 0 Å². The zero-order valence-electron chi connectivity index (χ0n) is 13.0. The number of aromatic hydroxyl groups is 1. The molecule has 0 amide bonds.